The van der Waals surface area contributed by atoms with Crippen molar-refractivity contribution >= 4 is 24.0 Å². The van der Waals surface area contributed by atoms with E-state index in [0.717, 1.165) is 32.4 Å². The lowest BCUT2D eigenvalue weighted by molar-refractivity contribution is -0.128. The smallest absolute Gasteiger partial charge is 0.232 e. The number of carbonyl (C=O) groups is 1. The first kappa shape index (κ1) is 15.3. The second-order valence-corrected chi connectivity index (χ2v) is 5.69. The van der Waals surface area contributed by atoms with Gasteiger partial charge >= 0.3 is 0 Å². The van der Waals surface area contributed by atoms with Crippen LogP contribution >= 0.6 is 12.4 Å². The molecular weight excluding hydrogens is 279 g/mol. The van der Waals surface area contributed by atoms with Crippen LogP contribution in [0.3, 0.4) is 0 Å². The predicted octanol–water partition coefficient (Wildman–Crippen LogP) is 2.97. The van der Waals surface area contributed by atoms with Crippen LogP contribution in [0.15, 0.2) is 24.3 Å². The van der Waals surface area contributed by atoms with Gasteiger partial charge in [-0.2, -0.15) is 0 Å². The number of benzene rings is 1. The Morgan fingerprint density at radius 3 is 3.05 bits per heavy atom. The first-order valence-electron chi connectivity index (χ1n) is 6.98. The van der Waals surface area contributed by atoms with Crippen LogP contribution in [0, 0.1) is 17.2 Å². The molecule has 2 aliphatic rings. The molecule has 1 saturated heterocycles. The predicted molar refractivity (Wildman–Crippen MR) is 79.5 cm³/mol. The Morgan fingerprint density at radius 2 is 2.25 bits per heavy atom. The van der Waals surface area contributed by atoms with E-state index >= 15 is 0 Å². The summed E-state index contributed by atoms with van der Waals surface area (Å²) < 4.78 is 13.2. The van der Waals surface area contributed by atoms with Gasteiger partial charge in [-0.15, -0.1) is 12.4 Å². The summed E-state index contributed by atoms with van der Waals surface area (Å²) in [6.07, 6.45) is 4.37. The Bertz CT molecular complexity index is 497. The van der Waals surface area contributed by atoms with Gasteiger partial charge in [0.15, 0.2) is 0 Å². The largest absolute Gasteiger partial charge is 0.325 e. The molecule has 1 aromatic carbocycles. The number of fused-ring (bicyclic) bond motifs is 1. The second-order valence-electron chi connectivity index (χ2n) is 5.69. The summed E-state index contributed by atoms with van der Waals surface area (Å²) in [7, 11) is 0. The van der Waals surface area contributed by atoms with E-state index in [0.29, 0.717) is 11.6 Å². The van der Waals surface area contributed by atoms with Gasteiger partial charge in [0, 0.05) is 12.2 Å². The van der Waals surface area contributed by atoms with Gasteiger partial charge in [-0.05, 0) is 43.5 Å². The van der Waals surface area contributed by atoms with Gasteiger partial charge in [-0.25, -0.2) is 4.39 Å². The number of amides is 1. The lowest BCUT2D eigenvalue weighted by Crippen LogP contribution is -2.44. The molecule has 0 unspecified atom stereocenters. The van der Waals surface area contributed by atoms with Crippen LogP contribution in [-0.2, 0) is 4.79 Å². The third kappa shape index (κ3) is 2.67. The van der Waals surface area contributed by atoms with Gasteiger partial charge in [-0.3, -0.25) is 4.79 Å². The average molecular weight is 299 g/mol. The molecule has 2 N–H and O–H groups in total. The Kier molecular flexibility index (Phi) is 4.66. The maximum Gasteiger partial charge on any atom is 0.232 e. The number of nitrogens with one attached hydrogen (secondary N) is 2. The minimum atomic E-state index is -0.319. The molecule has 1 saturated carbocycles. The van der Waals surface area contributed by atoms with Crippen LogP contribution < -0.4 is 10.6 Å². The Balaban J connectivity index is 0.00000147. The zero-order valence-corrected chi connectivity index (χ0v) is 12.1. The normalized spacial score (nSPS) is 28.4. The minimum Gasteiger partial charge on any atom is -0.325 e. The van der Waals surface area contributed by atoms with Crippen molar-refractivity contribution in [2.45, 2.75) is 25.7 Å². The van der Waals surface area contributed by atoms with Crippen molar-refractivity contribution < 1.29 is 9.18 Å². The minimum absolute atomic E-state index is 0. The first-order valence-corrected chi connectivity index (χ1v) is 6.98. The standard InChI is InChI=1S/C15H19FN2O.ClH/c16-12-5-3-6-13(8-12)18-14(19)15-7-2-1-4-11(15)9-17-10-15;/h3,5-6,8,11,17H,1-2,4,7,9-10H2,(H,18,19);1H/t11-,15+;/m0./s1. The topological polar surface area (TPSA) is 41.1 Å². The molecule has 1 aliphatic carbocycles. The van der Waals surface area contributed by atoms with E-state index in [1.54, 1.807) is 12.1 Å². The van der Waals surface area contributed by atoms with Gasteiger partial charge in [0.25, 0.3) is 0 Å². The first-order chi connectivity index (χ1) is 9.21. The Morgan fingerprint density at radius 1 is 1.40 bits per heavy atom. The maximum atomic E-state index is 13.2. The molecule has 1 heterocycles. The Labute approximate surface area is 124 Å². The van der Waals surface area contributed by atoms with Crippen LogP contribution in [0.5, 0.6) is 0 Å². The summed E-state index contributed by atoms with van der Waals surface area (Å²) >= 11 is 0. The van der Waals surface area contributed by atoms with Gasteiger partial charge in [0.2, 0.25) is 5.91 Å². The molecule has 1 aliphatic heterocycles. The second kappa shape index (κ2) is 6.10. The van der Waals surface area contributed by atoms with Gasteiger partial charge in [0.05, 0.1) is 5.41 Å². The van der Waals surface area contributed by atoms with E-state index < -0.39 is 0 Å². The quantitative estimate of drug-likeness (QED) is 0.881. The van der Waals surface area contributed by atoms with E-state index in [2.05, 4.69) is 10.6 Å². The molecule has 2 fully saturated rings. The van der Waals surface area contributed by atoms with Crippen molar-refractivity contribution in [3.63, 3.8) is 0 Å². The number of rotatable bonds is 2. The molecule has 5 heteroatoms. The maximum absolute atomic E-state index is 13.2. The van der Waals surface area contributed by atoms with Crippen molar-refractivity contribution in [2.24, 2.45) is 11.3 Å². The number of hydrogen-bond acceptors (Lipinski definition) is 2. The molecule has 0 bridgehead atoms. The van der Waals surface area contributed by atoms with Gasteiger partial charge in [0.1, 0.15) is 5.82 Å². The summed E-state index contributed by atoms with van der Waals surface area (Å²) in [5, 5.41) is 6.24. The summed E-state index contributed by atoms with van der Waals surface area (Å²) in [5.74, 6) is 0.155. The van der Waals surface area contributed by atoms with Crippen molar-refractivity contribution in [3.05, 3.63) is 30.1 Å². The third-order valence-corrected chi connectivity index (χ3v) is 4.57. The summed E-state index contributed by atoms with van der Waals surface area (Å²) in [6, 6.07) is 6.11. The fraction of sp³-hybridized carbons (Fsp3) is 0.533. The highest BCUT2D eigenvalue weighted by molar-refractivity contribution is 5.96. The van der Waals surface area contributed by atoms with Crippen molar-refractivity contribution in [1.82, 2.24) is 5.32 Å². The zero-order chi connectivity index (χ0) is 13.3. The van der Waals surface area contributed by atoms with Crippen LogP contribution in [0.25, 0.3) is 0 Å². The summed E-state index contributed by atoms with van der Waals surface area (Å²) in [5.41, 5.74) is 0.264. The summed E-state index contributed by atoms with van der Waals surface area (Å²) in [4.78, 5) is 12.6. The summed E-state index contributed by atoms with van der Waals surface area (Å²) in [6.45, 7) is 1.68. The van der Waals surface area contributed by atoms with Crippen LogP contribution in [0.4, 0.5) is 10.1 Å². The van der Waals surface area contributed by atoms with Crippen LogP contribution in [-0.4, -0.2) is 19.0 Å². The molecule has 2 atom stereocenters. The number of halogens is 2. The monoisotopic (exact) mass is 298 g/mol. The zero-order valence-electron chi connectivity index (χ0n) is 11.3. The molecule has 1 amide bonds. The average Bonchev–Trinajstić information content (AvgIpc) is 2.83. The van der Waals surface area contributed by atoms with Gasteiger partial charge < -0.3 is 10.6 Å². The lowest BCUT2D eigenvalue weighted by Gasteiger charge is -2.37. The highest BCUT2D eigenvalue weighted by atomic mass is 35.5. The molecular formula is C15H20ClFN2O. The van der Waals surface area contributed by atoms with E-state index in [-0.39, 0.29) is 29.5 Å². The number of hydrogen-bond donors (Lipinski definition) is 2. The van der Waals surface area contributed by atoms with Crippen molar-refractivity contribution in [3.8, 4) is 0 Å². The van der Waals surface area contributed by atoms with E-state index in [9.17, 15) is 9.18 Å². The van der Waals surface area contributed by atoms with Crippen molar-refractivity contribution in [2.75, 3.05) is 18.4 Å². The molecule has 0 radical (unpaired) electrons. The molecule has 20 heavy (non-hydrogen) atoms. The SMILES string of the molecule is Cl.O=C(Nc1cccc(F)c1)[C@@]12CCCC[C@H]1CNC2. The van der Waals surface area contributed by atoms with E-state index in [4.69, 9.17) is 0 Å². The molecule has 0 spiro atoms. The number of carbonyl (C=O) groups excluding carboxylic acids is 1. The molecule has 3 rings (SSSR count). The van der Waals surface area contributed by atoms with E-state index in [1.807, 2.05) is 0 Å². The third-order valence-electron chi connectivity index (χ3n) is 4.57. The number of anilines is 1. The van der Waals surface area contributed by atoms with Crippen LogP contribution in [0.1, 0.15) is 25.7 Å². The molecule has 3 nitrogen and oxygen atoms in total. The molecule has 110 valence electrons. The molecule has 1 aromatic rings. The molecule has 0 aromatic heterocycles. The van der Waals surface area contributed by atoms with E-state index in [1.165, 1.54) is 18.6 Å². The fourth-order valence-electron chi connectivity index (χ4n) is 3.51. The fourth-order valence-corrected chi connectivity index (χ4v) is 3.51. The van der Waals surface area contributed by atoms with Gasteiger partial charge in [-0.1, -0.05) is 18.9 Å². The highest BCUT2D eigenvalue weighted by Gasteiger charge is 2.49. The Hall–Kier alpha value is -1.13. The van der Waals surface area contributed by atoms with Crippen LogP contribution in [0.2, 0.25) is 0 Å². The lowest BCUT2D eigenvalue weighted by atomic mass is 9.67. The highest BCUT2D eigenvalue weighted by Crippen LogP contribution is 2.44. The van der Waals surface area contributed by atoms with Crippen molar-refractivity contribution in [1.29, 1.82) is 0 Å².